The van der Waals surface area contributed by atoms with Crippen molar-refractivity contribution in [3.05, 3.63) is 17.5 Å². The predicted octanol–water partition coefficient (Wildman–Crippen LogP) is 1.00. The van der Waals surface area contributed by atoms with Crippen LogP contribution in [0.4, 0.5) is 0 Å². The smallest absolute Gasteiger partial charge is 0.332 e. The van der Waals surface area contributed by atoms with E-state index in [4.69, 9.17) is 4.74 Å². The van der Waals surface area contributed by atoms with E-state index in [0.717, 1.165) is 36.3 Å². The molecule has 1 aliphatic heterocycles. The highest BCUT2D eigenvalue weighted by Gasteiger charge is 2.45. The van der Waals surface area contributed by atoms with Crippen molar-refractivity contribution in [3.8, 4) is 0 Å². The summed E-state index contributed by atoms with van der Waals surface area (Å²) in [6, 6.07) is 0. The highest BCUT2D eigenvalue weighted by Crippen LogP contribution is 2.34. The van der Waals surface area contributed by atoms with E-state index < -0.39 is 5.54 Å². The second-order valence-corrected chi connectivity index (χ2v) is 7.12. The molecule has 6 nitrogen and oxygen atoms in total. The molecule has 0 bridgehead atoms. The molecule has 0 saturated carbocycles. The SMILES string of the molecule is COC(=O)[C@@]1(NC(=O)[C@H]2CCCc3nn(C)cc32)CCSC1. The number of hydrogen-bond acceptors (Lipinski definition) is 5. The third-order valence-corrected chi connectivity index (χ3v) is 5.69. The van der Waals surface area contributed by atoms with Gasteiger partial charge < -0.3 is 10.1 Å². The molecule has 22 heavy (non-hydrogen) atoms. The van der Waals surface area contributed by atoms with Crippen molar-refractivity contribution < 1.29 is 14.3 Å². The maximum absolute atomic E-state index is 12.8. The number of amides is 1. The molecule has 1 aromatic rings. The molecule has 1 saturated heterocycles. The molecule has 2 aliphatic rings. The molecule has 3 rings (SSSR count). The van der Waals surface area contributed by atoms with Crippen molar-refractivity contribution in [2.24, 2.45) is 7.05 Å². The van der Waals surface area contributed by atoms with Crippen LogP contribution in [0.2, 0.25) is 0 Å². The van der Waals surface area contributed by atoms with Gasteiger partial charge >= 0.3 is 5.97 Å². The number of hydrogen-bond donors (Lipinski definition) is 1. The van der Waals surface area contributed by atoms with Crippen molar-refractivity contribution in [1.82, 2.24) is 15.1 Å². The van der Waals surface area contributed by atoms with Crippen molar-refractivity contribution in [2.45, 2.75) is 37.1 Å². The monoisotopic (exact) mass is 323 g/mol. The van der Waals surface area contributed by atoms with Gasteiger partial charge in [0, 0.05) is 24.6 Å². The first-order valence-electron chi connectivity index (χ1n) is 7.56. The third kappa shape index (κ3) is 2.62. The van der Waals surface area contributed by atoms with E-state index in [2.05, 4.69) is 10.4 Å². The Hall–Kier alpha value is -1.50. The molecular formula is C15H21N3O3S. The van der Waals surface area contributed by atoms with Crippen LogP contribution in [-0.2, 0) is 27.8 Å². The van der Waals surface area contributed by atoms with Crippen LogP contribution in [0.15, 0.2) is 6.20 Å². The lowest BCUT2D eigenvalue weighted by Gasteiger charge is -2.30. The van der Waals surface area contributed by atoms with Gasteiger partial charge in [0.05, 0.1) is 18.7 Å². The number of aryl methyl sites for hydroxylation is 2. The second kappa shape index (κ2) is 5.95. The minimum atomic E-state index is -0.865. The fourth-order valence-electron chi connectivity index (χ4n) is 3.33. The molecule has 1 N–H and O–H groups in total. The Morgan fingerprint density at radius 1 is 1.55 bits per heavy atom. The Balaban J connectivity index is 1.81. The molecule has 2 atom stereocenters. The molecule has 0 unspecified atom stereocenters. The normalized spacial score (nSPS) is 27.3. The Labute approximate surface area is 134 Å². The van der Waals surface area contributed by atoms with Crippen LogP contribution >= 0.6 is 11.8 Å². The van der Waals surface area contributed by atoms with Gasteiger partial charge in [-0.3, -0.25) is 9.48 Å². The minimum absolute atomic E-state index is 0.0816. The van der Waals surface area contributed by atoms with Crippen LogP contribution < -0.4 is 5.32 Å². The summed E-state index contributed by atoms with van der Waals surface area (Å²) in [6.07, 6.45) is 5.21. The minimum Gasteiger partial charge on any atom is -0.467 e. The Morgan fingerprint density at radius 2 is 2.36 bits per heavy atom. The van der Waals surface area contributed by atoms with Gasteiger partial charge in [0.2, 0.25) is 5.91 Å². The average Bonchev–Trinajstić information content (AvgIpc) is 3.11. The average molecular weight is 323 g/mol. The van der Waals surface area contributed by atoms with E-state index in [1.54, 1.807) is 16.4 Å². The maximum Gasteiger partial charge on any atom is 0.332 e. The molecule has 0 aromatic carbocycles. The molecule has 1 amide bonds. The summed E-state index contributed by atoms with van der Waals surface area (Å²) in [6.45, 7) is 0. The summed E-state index contributed by atoms with van der Waals surface area (Å²) in [5.74, 6) is 0.801. The topological polar surface area (TPSA) is 73.2 Å². The third-order valence-electron chi connectivity index (χ3n) is 4.50. The van der Waals surface area contributed by atoms with Crippen molar-refractivity contribution in [1.29, 1.82) is 0 Å². The van der Waals surface area contributed by atoms with E-state index in [1.807, 2.05) is 13.2 Å². The highest BCUT2D eigenvalue weighted by molar-refractivity contribution is 7.99. The van der Waals surface area contributed by atoms with Crippen LogP contribution in [0.3, 0.4) is 0 Å². The van der Waals surface area contributed by atoms with Gasteiger partial charge in [-0.05, 0) is 31.4 Å². The summed E-state index contributed by atoms with van der Waals surface area (Å²) >= 11 is 1.67. The Bertz CT molecular complexity index is 593. The van der Waals surface area contributed by atoms with Gasteiger partial charge in [-0.1, -0.05) is 0 Å². The number of aromatic nitrogens is 2. The first-order valence-corrected chi connectivity index (χ1v) is 8.72. The summed E-state index contributed by atoms with van der Waals surface area (Å²) in [4.78, 5) is 24.9. The molecule has 2 heterocycles. The van der Waals surface area contributed by atoms with E-state index >= 15 is 0 Å². The van der Waals surface area contributed by atoms with E-state index in [0.29, 0.717) is 12.2 Å². The molecule has 0 spiro atoms. The van der Waals surface area contributed by atoms with Gasteiger partial charge in [0.25, 0.3) is 0 Å². The van der Waals surface area contributed by atoms with E-state index in [9.17, 15) is 9.59 Å². The summed E-state index contributed by atoms with van der Waals surface area (Å²) in [7, 11) is 3.25. The summed E-state index contributed by atoms with van der Waals surface area (Å²) in [5, 5.41) is 7.42. The number of ether oxygens (including phenoxy) is 1. The van der Waals surface area contributed by atoms with Crippen LogP contribution in [0, 0.1) is 0 Å². The lowest BCUT2D eigenvalue weighted by atomic mass is 9.85. The number of nitrogens with one attached hydrogen (secondary N) is 1. The van der Waals surface area contributed by atoms with Gasteiger partial charge in [0.1, 0.15) is 5.54 Å². The van der Waals surface area contributed by atoms with Crippen molar-refractivity contribution in [2.75, 3.05) is 18.6 Å². The fraction of sp³-hybridized carbons (Fsp3) is 0.667. The zero-order chi connectivity index (χ0) is 15.7. The van der Waals surface area contributed by atoms with Gasteiger partial charge in [-0.15, -0.1) is 0 Å². The zero-order valence-corrected chi connectivity index (χ0v) is 13.7. The van der Waals surface area contributed by atoms with Gasteiger partial charge in [-0.25, -0.2) is 4.79 Å². The zero-order valence-electron chi connectivity index (χ0n) is 12.9. The maximum atomic E-state index is 12.8. The first-order chi connectivity index (χ1) is 10.6. The van der Waals surface area contributed by atoms with Crippen LogP contribution in [0.1, 0.15) is 36.4 Å². The number of rotatable bonds is 3. The molecule has 1 aromatic heterocycles. The van der Waals surface area contributed by atoms with Crippen LogP contribution in [0.25, 0.3) is 0 Å². The first kappa shape index (κ1) is 15.4. The lowest BCUT2D eigenvalue weighted by Crippen LogP contribution is -2.56. The summed E-state index contributed by atoms with van der Waals surface area (Å²) < 4.78 is 6.68. The van der Waals surface area contributed by atoms with Crippen molar-refractivity contribution in [3.63, 3.8) is 0 Å². The Kier molecular flexibility index (Phi) is 4.16. The molecule has 1 aliphatic carbocycles. The number of thioether (sulfide) groups is 1. The number of carbonyl (C=O) groups excluding carboxylic acids is 2. The molecule has 120 valence electrons. The van der Waals surface area contributed by atoms with Crippen molar-refractivity contribution >= 4 is 23.6 Å². The largest absolute Gasteiger partial charge is 0.467 e. The van der Waals surface area contributed by atoms with Crippen LogP contribution in [0.5, 0.6) is 0 Å². The number of fused-ring (bicyclic) bond motifs is 1. The number of esters is 1. The number of nitrogens with zero attached hydrogens (tertiary/aromatic N) is 2. The molecule has 1 fully saturated rings. The summed E-state index contributed by atoms with van der Waals surface area (Å²) in [5.41, 5.74) is 1.13. The second-order valence-electron chi connectivity index (χ2n) is 6.02. The van der Waals surface area contributed by atoms with Gasteiger partial charge in [-0.2, -0.15) is 16.9 Å². The fourth-order valence-corrected chi connectivity index (χ4v) is 4.65. The lowest BCUT2D eigenvalue weighted by molar-refractivity contribution is -0.150. The van der Waals surface area contributed by atoms with Gasteiger partial charge in [0.15, 0.2) is 0 Å². The number of methoxy groups -OCH3 is 1. The number of carbonyl (C=O) groups is 2. The van der Waals surface area contributed by atoms with E-state index in [-0.39, 0.29) is 17.8 Å². The standard InChI is InChI=1S/C15H21N3O3S/c1-18-8-11-10(4-3-5-12(11)17-18)13(19)16-15(14(20)21-2)6-7-22-9-15/h8,10H,3-7,9H2,1-2H3,(H,16,19)/t10-,15+/m0/s1. The molecule has 7 heteroatoms. The van der Waals surface area contributed by atoms with E-state index in [1.165, 1.54) is 7.11 Å². The predicted molar refractivity (Wildman–Crippen MR) is 83.7 cm³/mol. The highest BCUT2D eigenvalue weighted by atomic mass is 32.2. The quantitative estimate of drug-likeness (QED) is 0.840. The van der Waals surface area contributed by atoms with Crippen LogP contribution in [-0.4, -0.2) is 45.8 Å². The molecule has 0 radical (unpaired) electrons. The Morgan fingerprint density at radius 3 is 3.05 bits per heavy atom. The molecular weight excluding hydrogens is 302 g/mol.